The predicted molar refractivity (Wildman–Crippen MR) is 31.7 cm³/mol. The molecule has 0 radical (unpaired) electrons. The van der Waals surface area contributed by atoms with Crippen molar-refractivity contribution in [2.45, 2.75) is 6.42 Å². The summed E-state index contributed by atoms with van der Waals surface area (Å²) in [5, 5.41) is 0. The van der Waals surface area contributed by atoms with Crippen molar-refractivity contribution >= 4 is 5.78 Å². The van der Waals surface area contributed by atoms with Gasteiger partial charge in [0.1, 0.15) is 0 Å². The third-order valence-corrected chi connectivity index (χ3v) is 0.780. The zero-order chi connectivity index (χ0) is 6.41. The molecule has 0 aliphatic rings. The van der Waals surface area contributed by atoms with Crippen molar-refractivity contribution in [3.8, 4) is 0 Å². The van der Waals surface area contributed by atoms with Crippen LogP contribution in [0.1, 0.15) is 6.42 Å². The predicted octanol–water partition coefficient (Wildman–Crippen LogP) is 0.778. The van der Waals surface area contributed by atoms with Crippen molar-refractivity contribution < 1.29 is 9.53 Å². The fourth-order valence-electron chi connectivity index (χ4n) is 0.305. The monoisotopic (exact) mass is 114 g/mol. The van der Waals surface area contributed by atoms with E-state index in [4.69, 9.17) is 0 Å². The van der Waals surface area contributed by atoms with Crippen LogP contribution >= 0.6 is 0 Å². The summed E-state index contributed by atoms with van der Waals surface area (Å²) < 4.78 is 4.65. The molecule has 0 rings (SSSR count). The van der Waals surface area contributed by atoms with Crippen molar-refractivity contribution in [3.63, 3.8) is 0 Å². The molecular weight excluding hydrogens is 104 g/mol. The molecular formula is C6H10O2. The van der Waals surface area contributed by atoms with Crippen LogP contribution in [0.5, 0.6) is 0 Å². The Hall–Kier alpha value is -0.630. The molecule has 0 amide bonds. The maximum Gasteiger partial charge on any atom is 0.157 e. The van der Waals surface area contributed by atoms with E-state index in [-0.39, 0.29) is 5.78 Å². The first-order valence-electron chi connectivity index (χ1n) is 2.45. The molecule has 0 fully saturated rings. The summed E-state index contributed by atoms with van der Waals surface area (Å²) in [6, 6.07) is 0. The summed E-state index contributed by atoms with van der Waals surface area (Å²) in [5.74, 6) is 0.0341. The molecule has 8 heavy (non-hydrogen) atoms. The van der Waals surface area contributed by atoms with Crippen LogP contribution in [0, 0.1) is 0 Å². The van der Waals surface area contributed by atoms with Gasteiger partial charge in [0, 0.05) is 13.5 Å². The highest BCUT2D eigenvalue weighted by Gasteiger charge is 1.91. The molecule has 0 aliphatic carbocycles. The second-order valence-corrected chi connectivity index (χ2v) is 1.41. The molecule has 0 bridgehead atoms. The number of ketones is 1. The van der Waals surface area contributed by atoms with E-state index in [1.807, 2.05) is 0 Å². The van der Waals surface area contributed by atoms with Crippen molar-refractivity contribution in [1.29, 1.82) is 0 Å². The summed E-state index contributed by atoms with van der Waals surface area (Å²) in [6.07, 6.45) is 1.75. The van der Waals surface area contributed by atoms with Gasteiger partial charge in [0.25, 0.3) is 0 Å². The van der Waals surface area contributed by atoms with E-state index in [1.165, 1.54) is 6.08 Å². The Bertz CT molecular complexity index is 86.5. The van der Waals surface area contributed by atoms with Gasteiger partial charge in [0.15, 0.2) is 5.78 Å². The molecule has 2 heteroatoms. The molecule has 46 valence electrons. The van der Waals surface area contributed by atoms with Crippen LogP contribution in [0.15, 0.2) is 12.7 Å². The van der Waals surface area contributed by atoms with E-state index in [2.05, 4.69) is 11.3 Å². The summed E-state index contributed by atoms with van der Waals surface area (Å²) in [6.45, 7) is 3.80. The van der Waals surface area contributed by atoms with Gasteiger partial charge in [0.05, 0.1) is 6.61 Å². The first-order valence-corrected chi connectivity index (χ1v) is 2.45. The van der Waals surface area contributed by atoms with Gasteiger partial charge >= 0.3 is 0 Å². The molecule has 0 aromatic rings. The van der Waals surface area contributed by atoms with E-state index in [1.54, 1.807) is 7.11 Å². The number of hydrogen-bond acceptors (Lipinski definition) is 2. The van der Waals surface area contributed by atoms with Gasteiger partial charge in [-0.05, 0) is 6.08 Å². The second kappa shape index (κ2) is 4.53. The highest BCUT2D eigenvalue weighted by atomic mass is 16.5. The van der Waals surface area contributed by atoms with Crippen LogP contribution in [0.4, 0.5) is 0 Å². The van der Waals surface area contributed by atoms with Gasteiger partial charge in [-0.25, -0.2) is 0 Å². The van der Waals surface area contributed by atoms with E-state index >= 15 is 0 Å². The van der Waals surface area contributed by atoms with Crippen LogP contribution in [-0.4, -0.2) is 19.5 Å². The number of rotatable bonds is 4. The average Bonchev–Trinajstić information content (AvgIpc) is 1.83. The number of allylic oxidation sites excluding steroid dienone is 1. The zero-order valence-electron chi connectivity index (χ0n) is 5.02. The lowest BCUT2D eigenvalue weighted by Crippen LogP contribution is -1.97. The topological polar surface area (TPSA) is 26.3 Å². The third-order valence-electron chi connectivity index (χ3n) is 0.780. The normalized spacial score (nSPS) is 8.62. The summed E-state index contributed by atoms with van der Waals surface area (Å²) in [4.78, 5) is 10.4. The lowest BCUT2D eigenvalue weighted by atomic mass is 10.3. The van der Waals surface area contributed by atoms with Crippen molar-refractivity contribution in [1.82, 2.24) is 0 Å². The number of ether oxygens (including phenoxy) is 1. The lowest BCUT2D eigenvalue weighted by Gasteiger charge is -1.90. The standard InChI is InChI=1S/C6H10O2/c1-3-6(7)4-5-8-2/h3H,1,4-5H2,2H3. The van der Waals surface area contributed by atoms with Crippen molar-refractivity contribution in [2.75, 3.05) is 13.7 Å². The minimum absolute atomic E-state index is 0.0341. The summed E-state index contributed by atoms with van der Waals surface area (Å²) in [5.41, 5.74) is 0. The van der Waals surface area contributed by atoms with E-state index in [0.717, 1.165) is 0 Å². The molecule has 0 aliphatic heterocycles. The quantitative estimate of drug-likeness (QED) is 0.505. The largest absolute Gasteiger partial charge is 0.384 e. The smallest absolute Gasteiger partial charge is 0.157 e. The van der Waals surface area contributed by atoms with Crippen molar-refractivity contribution in [3.05, 3.63) is 12.7 Å². The fourth-order valence-corrected chi connectivity index (χ4v) is 0.305. The lowest BCUT2D eigenvalue weighted by molar-refractivity contribution is -0.115. The Morgan fingerprint density at radius 1 is 1.88 bits per heavy atom. The molecule has 0 unspecified atom stereocenters. The second-order valence-electron chi connectivity index (χ2n) is 1.41. The minimum atomic E-state index is 0.0341. The molecule has 2 nitrogen and oxygen atoms in total. The number of carbonyl (C=O) groups is 1. The molecule has 0 N–H and O–H groups in total. The number of methoxy groups -OCH3 is 1. The Labute approximate surface area is 49.1 Å². The number of hydrogen-bond donors (Lipinski definition) is 0. The first-order chi connectivity index (χ1) is 3.81. The van der Waals surface area contributed by atoms with Gasteiger partial charge in [-0.2, -0.15) is 0 Å². The van der Waals surface area contributed by atoms with Gasteiger partial charge in [-0.3, -0.25) is 4.79 Å². The van der Waals surface area contributed by atoms with Crippen LogP contribution in [0.3, 0.4) is 0 Å². The van der Waals surface area contributed by atoms with Crippen molar-refractivity contribution in [2.24, 2.45) is 0 Å². The summed E-state index contributed by atoms with van der Waals surface area (Å²) >= 11 is 0. The average molecular weight is 114 g/mol. The summed E-state index contributed by atoms with van der Waals surface area (Å²) in [7, 11) is 1.57. The molecule has 0 aromatic heterocycles. The molecule has 0 saturated carbocycles. The van der Waals surface area contributed by atoms with Gasteiger partial charge in [-0.1, -0.05) is 6.58 Å². The first kappa shape index (κ1) is 7.37. The van der Waals surface area contributed by atoms with Crippen LogP contribution in [-0.2, 0) is 9.53 Å². The highest BCUT2D eigenvalue weighted by Crippen LogP contribution is 1.82. The zero-order valence-corrected chi connectivity index (χ0v) is 5.02. The third kappa shape index (κ3) is 3.56. The Kier molecular flexibility index (Phi) is 4.17. The van der Waals surface area contributed by atoms with E-state index in [9.17, 15) is 4.79 Å². The SMILES string of the molecule is C=CC(=O)CCOC. The van der Waals surface area contributed by atoms with Gasteiger partial charge < -0.3 is 4.74 Å². The Morgan fingerprint density at radius 3 is 2.88 bits per heavy atom. The highest BCUT2D eigenvalue weighted by molar-refractivity contribution is 5.89. The minimum Gasteiger partial charge on any atom is -0.384 e. The Balaban J connectivity index is 3.11. The number of carbonyl (C=O) groups excluding carboxylic acids is 1. The molecule has 0 atom stereocenters. The van der Waals surface area contributed by atoms with E-state index < -0.39 is 0 Å². The van der Waals surface area contributed by atoms with Crippen LogP contribution in [0.25, 0.3) is 0 Å². The molecule has 0 saturated heterocycles. The maximum absolute atomic E-state index is 10.4. The molecule has 0 heterocycles. The van der Waals surface area contributed by atoms with Gasteiger partial charge in [-0.15, -0.1) is 0 Å². The van der Waals surface area contributed by atoms with E-state index in [0.29, 0.717) is 13.0 Å². The Morgan fingerprint density at radius 2 is 2.50 bits per heavy atom. The van der Waals surface area contributed by atoms with Crippen LogP contribution in [0.2, 0.25) is 0 Å². The maximum atomic E-state index is 10.4. The van der Waals surface area contributed by atoms with Crippen LogP contribution < -0.4 is 0 Å². The molecule has 0 spiro atoms. The molecule has 0 aromatic carbocycles. The fraction of sp³-hybridized carbons (Fsp3) is 0.500. The van der Waals surface area contributed by atoms with Gasteiger partial charge in [0.2, 0.25) is 0 Å².